The molecule has 1 aromatic carbocycles. The van der Waals surface area contributed by atoms with Gasteiger partial charge in [-0.2, -0.15) is 0 Å². The molecule has 110 valence electrons. The second-order valence-corrected chi connectivity index (χ2v) is 5.90. The van der Waals surface area contributed by atoms with Gasteiger partial charge in [-0.1, -0.05) is 11.6 Å². The first kappa shape index (κ1) is 15.3. The number of carboxylic acid groups (broad SMARTS) is 1. The Kier molecular flexibility index (Phi) is 4.77. The van der Waals surface area contributed by atoms with Crippen molar-refractivity contribution in [2.24, 2.45) is 0 Å². The van der Waals surface area contributed by atoms with E-state index in [0.717, 1.165) is 9.88 Å². The number of rotatable bonds is 4. The highest BCUT2D eigenvalue weighted by atomic mass is 35.5. The van der Waals surface area contributed by atoms with Crippen molar-refractivity contribution in [3.63, 3.8) is 0 Å². The van der Waals surface area contributed by atoms with Crippen LogP contribution in [0, 0.1) is 6.92 Å². The van der Waals surface area contributed by atoms with Crippen LogP contribution in [0.4, 0.5) is 10.5 Å². The van der Waals surface area contributed by atoms with Crippen molar-refractivity contribution in [1.82, 2.24) is 10.3 Å². The zero-order valence-electron chi connectivity index (χ0n) is 11.0. The molecule has 1 aromatic heterocycles. The molecule has 21 heavy (non-hydrogen) atoms. The Morgan fingerprint density at radius 1 is 1.43 bits per heavy atom. The number of hydrogen-bond acceptors (Lipinski definition) is 4. The number of halogens is 1. The Balaban J connectivity index is 1.96. The SMILES string of the molecule is Cc1cnc(CNC(=O)Nc2ccc(Cl)c(C(=O)O)c2)s1. The fraction of sp³-hybridized carbons (Fsp3) is 0.154. The summed E-state index contributed by atoms with van der Waals surface area (Å²) in [4.78, 5) is 27.9. The summed E-state index contributed by atoms with van der Waals surface area (Å²) in [5.41, 5.74) is 0.287. The topological polar surface area (TPSA) is 91.3 Å². The second kappa shape index (κ2) is 6.55. The van der Waals surface area contributed by atoms with Crippen LogP contribution in [0.5, 0.6) is 0 Å². The number of carbonyl (C=O) groups excluding carboxylic acids is 1. The van der Waals surface area contributed by atoms with Crippen LogP contribution < -0.4 is 10.6 Å². The van der Waals surface area contributed by atoms with Gasteiger partial charge in [0.2, 0.25) is 0 Å². The normalized spacial score (nSPS) is 10.2. The van der Waals surface area contributed by atoms with E-state index in [0.29, 0.717) is 12.2 Å². The zero-order valence-corrected chi connectivity index (χ0v) is 12.6. The van der Waals surface area contributed by atoms with Gasteiger partial charge in [0.05, 0.1) is 17.1 Å². The van der Waals surface area contributed by atoms with Crippen LogP contribution in [0.3, 0.4) is 0 Å². The fourth-order valence-electron chi connectivity index (χ4n) is 1.58. The molecule has 0 aliphatic carbocycles. The molecule has 1 heterocycles. The maximum atomic E-state index is 11.7. The number of urea groups is 1. The predicted octanol–water partition coefficient (Wildman–Crippen LogP) is 3.12. The highest BCUT2D eigenvalue weighted by Crippen LogP contribution is 2.20. The highest BCUT2D eigenvalue weighted by molar-refractivity contribution is 7.11. The van der Waals surface area contributed by atoms with E-state index in [-0.39, 0.29) is 10.6 Å². The number of hydrogen-bond donors (Lipinski definition) is 3. The Morgan fingerprint density at radius 3 is 2.81 bits per heavy atom. The molecule has 0 bridgehead atoms. The number of thiazole rings is 1. The van der Waals surface area contributed by atoms with Crippen molar-refractivity contribution >= 4 is 40.6 Å². The third-order valence-electron chi connectivity index (χ3n) is 2.52. The molecule has 0 radical (unpaired) electrons. The van der Waals surface area contributed by atoms with Crippen LogP contribution in [0.2, 0.25) is 5.02 Å². The van der Waals surface area contributed by atoms with Crippen LogP contribution in [0.25, 0.3) is 0 Å². The van der Waals surface area contributed by atoms with Gasteiger partial charge in [0, 0.05) is 16.8 Å². The van der Waals surface area contributed by atoms with Crippen LogP contribution in [0.1, 0.15) is 20.2 Å². The van der Waals surface area contributed by atoms with Crippen molar-refractivity contribution < 1.29 is 14.7 Å². The van der Waals surface area contributed by atoms with Gasteiger partial charge in [0.1, 0.15) is 5.01 Å². The van der Waals surface area contributed by atoms with Gasteiger partial charge in [-0.3, -0.25) is 0 Å². The summed E-state index contributed by atoms with van der Waals surface area (Å²) in [6.45, 7) is 2.24. The number of aromatic nitrogens is 1. The molecule has 0 fully saturated rings. The monoisotopic (exact) mass is 325 g/mol. The molecular formula is C13H12ClN3O3S. The molecule has 6 nitrogen and oxygen atoms in total. The lowest BCUT2D eigenvalue weighted by atomic mass is 10.2. The number of carboxylic acids is 1. The highest BCUT2D eigenvalue weighted by Gasteiger charge is 2.11. The van der Waals surface area contributed by atoms with E-state index < -0.39 is 12.0 Å². The van der Waals surface area contributed by atoms with Crippen LogP contribution in [-0.4, -0.2) is 22.1 Å². The summed E-state index contributed by atoms with van der Waals surface area (Å²) in [7, 11) is 0. The van der Waals surface area contributed by atoms with Gasteiger partial charge >= 0.3 is 12.0 Å². The number of aryl methyl sites for hydroxylation is 1. The van der Waals surface area contributed by atoms with Crippen molar-refractivity contribution in [3.05, 3.63) is 44.9 Å². The first-order valence-corrected chi connectivity index (χ1v) is 7.14. The van der Waals surface area contributed by atoms with E-state index >= 15 is 0 Å². The Hall–Kier alpha value is -2.12. The molecule has 2 rings (SSSR count). The fourth-order valence-corrected chi connectivity index (χ4v) is 2.51. The van der Waals surface area contributed by atoms with Gasteiger partial charge in [-0.25, -0.2) is 14.6 Å². The number of benzene rings is 1. The third kappa shape index (κ3) is 4.17. The van der Waals surface area contributed by atoms with Gasteiger partial charge in [0.15, 0.2) is 0 Å². The van der Waals surface area contributed by atoms with Crippen LogP contribution >= 0.6 is 22.9 Å². The molecule has 3 N–H and O–H groups in total. The predicted molar refractivity (Wildman–Crippen MR) is 81.1 cm³/mol. The van der Waals surface area contributed by atoms with Gasteiger partial charge in [-0.05, 0) is 25.1 Å². The summed E-state index contributed by atoms with van der Waals surface area (Å²) in [5, 5.41) is 15.1. The molecule has 2 amide bonds. The number of carbonyl (C=O) groups is 2. The number of nitrogens with zero attached hydrogens (tertiary/aromatic N) is 1. The first-order valence-electron chi connectivity index (χ1n) is 5.94. The maximum Gasteiger partial charge on any atom is 0.337 e. The van der Waals surface area contributed by atoms with E-state index in [1.54, 1.807) is 6.20 Å². The van der Waals surface area contributed by atoms with Crippen molar-refractivity contribution in [2.75, 3.05) is 5.32 Å². The molecular weight excluding hydrogens is 314 g/mol. The Morgan fingerprint density at radius 2 is 2.19 bits per heavy atom. The third-order valence-corrected chi connectivity index (χ3v) is 3.77. The molecule has 0 saturated heterocycles. The molecule has 0 aliphatic rings. The minimum Gasteiger partial charge on any atom is -0.478 e. The van der Waals surface area contributed by atoms with Gasteiger partial charge in [0.25, 0.3) is 0 Å². The second-order valence-electron chi connectivity index (χ2n) is 4.17. The number of amides is 2. The van der Waals surface area contributed by atoms with Crippen molar-refractivity contribution in [2.45, 2.75) is 13.5 Å². The molecule has 0 aliphatic heterocycles. The van der Waals surface area contributed by atoms with E-state index in [9.17, 15) is 9.59 Å². The first-order chi connectivity index (χ1) is 9.95. The minimum atomic E-state index is -1.15. The summed E-state index contributed by atoms with van der Waals surface area (Å²) < 4.78 is 0. The van der Waals surface area contributed by atoms with Gasteiger partial charge in [-0.15, -0.1) is 11.3 Å². The van der Waals surface area contributed by atoms with E-state index in [1.807, 2.05) is 6.92 Å². The summed E-state index contributed by atoms with van der Waals surface area (Å²) in [6.07, 6.45) is 1.73. The molecule has 0 saturated carbocycles. The number of anilines is 1. The molecule has 0 unspecified atom stereocenters. The summed E-state index contributed by atoms with van der Waals surface area (Å²) in [5.74, 6) is -1.15. The lowest BCUT2D eigenvalue weighted by molar-refractivity contribution is 0.0697. The average molecular weight is 326 g/mol. The molecule has 0 spiro atoms. The lowest BCUT2D eigenvalue weighted by Crippen LogP contribution is -2.28. The minimum absolute atomic E-state index is 0.0648. The molecule has 8 heteroatoms. The van der Waals surface area contributed by atoms with E-state index in [4.69, 9.17) is 16.7 Å². The Bertz CT molecular complexity index is 687. The average Bonchev–Trinajstić information content (AvgIpc) is 2.84. The largest absolute Gasteiger partial charge is 0.478 e. The summed E-state index contributed by atoms with van der Waals surface area (Å²) >= 11 is 7.25. The van der Waals surface area contributed by atoms with Crippen molar-refractivity contribution in [3.8, 4) is 0 Å². The van der Waals surface area contributed by atoms with Crippen molar-refractivity contribution in [1.29, 1.82) is 0 Å². The van der Waals surface area contributed by atoms with Gasteiger partial charge < -0.3 is 15.7 Å². The van der Waals surface area contributed by atoms with E-state index in [1.165, 1.54) is 29.5 Å². The maximum absolute atomic E-state index is 11.7. The lowest BCUT2D eigenvalue weighted by Gasteiger charge is -2.08. The number of aromatic carboxylic acids is 1. The summed E-state index contributed by atoms with van der Waals surface area (Å²) in [6, 6.07) is 3.81. The Labute approximate surface area is 129 Å². The zero-order chi connectivity index (χ0) is 15.4. The van der Waals surface area contributed by atoms with Crippen LogP contribution in [0.15, 0.2) is 24.4 Å². The van der Waals surface area contributed by atoms with E-state index in [2.05, 4.69) is 15.6 Å². The van der Waals surface area contributed by atoms with Crippen LogP contribution in [-0.2, 0) is 6.54 Å². The molecule has 0 atom stereocenters. The molecule has 2 aromatic rings. The number of nitrogens with one attached hydrogen (secondary N) is 2. The quantitative estimate of drug-likeness (QED) is 0.805. The smallest absolute Gasteiger partial charge is 0.337 e. The standard InChI is InChI=1S/C13H12ClN3O3S/c1-7-5-15-11(21-7)6-16-13(20)17-8-2-3-10(14)9(4-8)12(18)19/h2-5H,6H2,1H3,(H,18,19)(H2,16,17,20).